The molecule has 0 aliphatic carbocycles. The zero-order valence-electron chi connectivity index (χ0n) is 9.36. The minimum absolute atomic E-state index is 0.00572. The summed E-state index contributed by atoms with van der Waals surface area (Å²) in [7, 11) is 1.62. The summed E-state index contributed by atoms with van der Waals surface area (Å²) in [5.41, 5.74) is 1.77. The normalized spacial score (nSPS) is 10.3. The summed E-state index contributed by atoms with van der Waals surface area (Å²) in [6.45, 7) is 1.52. The Morgan fingerprint density at radius 3 is 2.76 bits per heavy atom. The number of nitrogens with zero attached hydrogens (tertiary/aromatic N) is 1. The fraction of sp³-hybridized carbons (Fsp3) is 0.167. The van der Waals surface area contributed by atoms with Gasteiger partial charge in [0.25, 0.3) is 0 Å². The smallest absolute Gasteiger partial charge is 0.188 e. The summed E-state index contributed by atoms with van der Waals surface area (Å²) in [6, 6.07) is 5.71. The van der Waals surface area contributed by atoms with Crippen LogP contribution in [-0.2, 0) is 0 Å². The second-order valence-electron chi connectivity index (χ2n) is 3.44. The maximum Gasteiger partial charge on any atom is 0.188 e. The van der Waals surface area contributed by atoms with Gasteiger partial charge < -0.3 is 4.74 Å². The largest absolute Gasteiger partial charge is 0.496 e. The molecule has 0 fully saturated rings. The molecule has 5 heteroatoms. The summed E-state index contributed by atoms with van der Waals surface area (Å²) in [4.78, 5) is 15.5. The van der Waals surface area contributed by atoms with Gasteiger partial charge in [0.05, 0.1) is 17.3 Å². The van der Waals surface area contributed by atoms with Crippen molar-refractivity contribution in [2.75, 3.05) is 7.11 Å². The molecule has 0 atom stereocenters. The van der Waals surface area contributed by atoms with Gasteiger partial charge in [0.15, 0.2) is 10.8 Å². The van der Waals surface area contributed by atoms with Crippen molar-refractivity contribution in [3.63, 3.8) is 0 Å². The lowest BCUT2D eigenvalue weighted by Gasteiger charge is -2.04. The lowest BCUT2D eigenvalue weighted by atomic mass is 10.2. The molecule has 0 amide bonds. The van der Waals surface area contributed by atoms with Crippen LogP contribution in [-0.4, -0.2) is 17.9 Å². The molecule has 0 aliphatic rings. The predicted octanol–water partition coefficient (Wildman–Crippen LogP) is 3.78. The van der Waals surface area contributed by atoms with Crippen LogP contribution in [0.5, 0.6) is 5.75 Å². The van der Waals surface area contributed by atoms with E-state index in [9.17, 15) is 4.79 Å². The second-order valence-corrected chi connectivity index (χ2v) is 5.16. The number of hydrogen-bond donors (Lipinski definition) is 0. The highest BCUT2D eigenvalue weighted by Gasteiger charge is 2.09. The highest BCUT2D eigenvalue weighted by Crippen LogP contribution is 2.31. The third-order valence-electron chi connectivity index (χ3n) is 2.25. The van der Waals surface area contributed by atoms with Crippen molar-refractivity contribution in [1.82, 2.24) is 4.98 Å². The van der Waals surface area contributed by atoms with Gasteiger partial charge in [0.2, 0.25) is 0 Å². The van der Waals surface area contributed by atoms with Crippen LogP contribution >= 0.6 is 27.3 Å². The average Bonchev–Trinajstić information content (AvgIpc) is 2.78. The maximum absolute atomic E-state index is 11.2. The number of aromatic nitrogens is 1. The predicted molar refractivity (Wildman–Crippen MR) is 71.8 cm³/mol. The number of hydrogen-bond acceptors (Lipinski definition) is 4. The number of carbonyl (C=O) groups excluding carboxylic acids is 1. The summed E-state index contributed by atoms with van der Waals surface area (Å²) >= 11 is 4.79. The SMILES string of the molecule is COc1ccc(-c2csc(C(C)=O)n2)cc1Br. The molecule has 1 heterocycles. The van der Waals surface area contributed by atoms with Crippen molar-refractivity contribution >= 4 is 33.0 Å². The highest BCUT2D eigenvalue weighted by atomic mass is 79.9. The summed E-state index contributed by atoms with van der Waals surface area (Å²) in [6.07, 6.45) is 0. The molecule has 1 aromatic heterocycles. The van der Waals surface area contributed by atoms with Gasteiger partial charge in [-0.2, -0.15) is 0 Å². The van der Waals surface area contributed by atoms with Crippen molar-refractivity contribution in [3.8, 4) is 17.0 Å². The van der Waals surface area contributed by atoms with Crippen molar-refractivity contribution in [1.29, 1.82) is 0 Å². The molecule has 0 bridgehead atoms. The number of ether oxygens (including phenoxy) is 1. The number of Topliss-reactive ketones (excluding diaryl/α,β-unsaturated/α-hetero) is 1. The third kappa shape index (κ3) is 2.56. The topological polar surface area (TPSA) is 39.2 Å². The summed E-state index contributed by atoms with van der Waals surface area (Å²) in [5, 5.41) is 2.41. The van der Waals surface area contributed by atoms with E-state index in [-0.39, 0.29) is 5.78 Å². The number of ketones is 1. The summed E-state index contributed by atoms with van der Waals surface area (Å²) < 4.78 is 6.03. The Bertz CT molecular complexity index is 565. The monoisotopic (exact) mass is 311 g/mol. The van der Waals surface area contributed by atoms with Crippen LogP contribution in [0.3, 0.4) is 0 Å². The van der Waals surface area contributed by atoms with Crippen LogP contribution in [0.15, 0.2) is 28.1 Å². The molecule has 0 unspecified atom stereocenters. The van der Waals surface area contributed by atoms with E-state index < -0.39 is 0 Å². The van der Waals surface area contributed by atoms with Gasteiger partial charge in [0, 0.05) is 17.9 Å². The lowest BCUT2D eigenvalue weighted by Crippen LogP contribution is -1.90. The van der Waals surface area contributed by atoms with E-state index in [4.69, 9.17) is 4.74 Å². The Morgan fingerprint density at radius 1 is 1.47 bits per heavy atom. The number of methoxy groups -OCH3 is 1. The Labute approximate surface area is 112 Å². The van der Waals surface area contributed by atoms with Crippen LogP contribution in [0.25, 0.3) is 11.3 Å². The average molecular weight is 312 g/mol. The van der Waals surface area contributed by atoms with Crippen molar-refractivity contribution < 1.29 is 9.53 Å². The molecule has 0 N–H and O–H groups in total. The minimum Gasteiger partial charge on any atom is -0.496 e. The Hall–Kier alpha value is -1.20. The van der Waals surface area contributed by atoms with E-state index in [0.29, 0.717) is 5.01 Å². The minimum atomic E-state index is -0.00572. The molecular formula is C12H10BrNO2S. The maximum atomic E-state index is 11.2. The number of carbonyl (C=O) groups is 1. The quantitative estimate of drug-likeness (QED) is 0.810. The first-order valence-electron chi connectivity index (χ1n) is 4.92. The van der Waals surface area contributed by atoms with Gasteiger partial charge in [-0.05, 0) is 34.1 Å². The van der Waals surface area contributed by atoms with Gasteiger partial charge in [-0.25, -0.2) is 4.98 Å². The van der Waals surface area contributed by atoms with Gasteiger partial charge in [-0.15, -0.1) is 11.3 Å². The van der Waals surface area contributed by atoms with Crippen LogP contribution in [0.2, 0.25) is 0 Å². The fourth-order valence-electron chi connectivity index (χ4n) is 1.39. The Balaban J connectivity index is 2.39. The molecular weight excluding hydrogens is 302 g/mol. The van der Waals surface area contributed by atoms with Gasteiger partial charge >= 0.3 is 0 Å². The Kier molecular flexibility index (Phi) is 3.59. The molecule has 3 nitrogen and oxygen atoms in total. The molecule has 0 saturated heterocycles. The molecule has 2 rings (SSSR count). The molecule has 1 aromatic carbocycles. The molecule has 0 aliphatic heterocycles. The lowest BCUT2D eigenvalue weighted by molar-refractivity contribution is 0.101. The van der Waals surface area contributed by atoms with E-state index in [1.165, 1.54) is 18.3 Å². The summed E-state index contributed by atoms with van der Waals surface area (Å²) in [5.74, 6) is 0.768. The number of benzene rings is 1. The number of thiazole rings is 1. The van der Waals surface area contributed by atoms with Crippen LogP contribution < -0.4 is 4.74 Å². The molecule has 0 spiro atoms. The molecule has 2 aromatic rings. The van der Waals surface area contributed by atoms with E-state index in [1.54, 1.807) is 7.11 Å². The zero-order chi connectivity index (χ0) is 12.4. The van der Waals surface area contributed by atoms with Crippen molar-refractivity contribution in [3.05, 3.63) is 33.1 Å². The van der Waals surface area contributed by atoms with Crippen LogP contribution in [0.1, 0.15) is 16.7 Å². The highest BCUT2D eigenvalue weighted by molar-refractivity contribution is 9.10. The van der Waals surface area contributed by atoms with Crippen molar-refractivity contribution in [2.45, 2.75) is 6.92 Å². The standard InChI is InChI=1S/C12H10BrNO2S/c1-7(15)12-14-10(6-17-12)8-3-4-11(16-2)9(13)5-8/h3-6H,1-2H3. The van der Waals surface area contributed by atoms with Crippen LogP contribution in [0.4, 0.5) is 0 Å². The second kappa shape index (κ2) is 4.98. The van der Waals surface area contributed by atoms with Gasteiger partial charge in [-0.1, -0.05) is 0 Å². The van der Waals surface area contributed by atoms with Gasteiger partial charge in [0.1, 0.15) is 5.75 Å². The first-order chi connectivity index (χ1) is 8.11. The first-order valence-corrected chi connectivity index (χ1v) is 6.59. The third-order valence-corrected chi connectivity index (χ3v) is 3.82. The molecule has 0 radical (unpaired) electrons. The molecule has 17 heavy (non-hydrogen) atoms. The van der Waals surface area contributed by atoms with E-state index in [2.05, 4.69) is 20.9 Å². The molecule has 0 saturated carbocycles. The van der Waals surface area contributed by atoms with E-state index >= 15 is 0 Å². The van der Waals surface area contributed by atoms with Crippen molar-refractivity contribution in [2.24, 2.45) is 0 Å². The number of rotatable bonds is 3. The molecule has 88 valence electrons. The number of halogens is 1. The Morgan fingerprint density at radius 2 is 2.24 bits per heavy atom. The fourth-order valence-corrected chi connectivity index (χ4v) is 2.66. The van der Waals surface area contributed by atoms with E-state index in [0.717, 1.165) is 21.5 Å². The zero-order valence-corrected chi connectivity index (χ0v) is 11.8. The van der Waals surface area contributed by atoms with Gasteiger partial charge in [-0.3, -0.25) is 4.79 Å². The van der Waals surface area contributed by atoms with Crippen LogP contribution in [0, 0.1) is 0 Å². The first kappa shape index (κ1) is 12.3. The van der Waals surface area contributed by atoms with E-state index in [1.807, 2.05) is 23.6 Å².